The minimum Gasteiger partial charge on any atom is -0.489 e. The third-order valence-electron chi connectivity index (χ3n) is 4.39. The van der Waals surface area contributed by atoms with Gasteiger partial charge in [-0.1, -0.05) is 0 Å². The molecular formula is C18H16F3N5O2. The van der Waals surface area contributed by atoms with Gasteiger partial charge >= 0.3 is 6.18 Å². The molecule has 0 saturated heterocycles. The van der Waals surface area contributed by atoms with Gasteiger partial charge in [0.15, 0.2) is 11.4 Å². The molecular weight excluding hydrogens is 375 g/mol. The highest BCUT2D eigenvalue weighted by atomic mass is 19.4. The van der Waals surface area contributed by atoms with E-state index in [0.717, 1.165) is 12.3 Å². The van der Waals surface area contributed by atoms with Crippen LogP contribution in [0.4, 0.5) is 13.2 Å². The SMILES string of the molecule is N#Cc1ncc(O[C@H]2CC[C@H](NC(=O)c3cccnn3)CC2)cc1C(F)(F)F. The number of halogens is 3. The number of hydrogen-bond donors (Lipinski definition) is 1. The van der Waals surface area contributed by atoms with Crippen LogP contribution >= 0.6 is 0 Å². The summed E-state index contributed by atoms with van der Waals surface area (Å²) in [6.07, 6.45) is -0.0179. The van der Waals surface area contributed by atoms with E-state index < -0.39 is 17.4 Å². The molecule has 0 aromatic carbocycles. The maximum absolute atomic E-state index is 13.0. The molecule has 1 fully saturated rings. The van der Waals surface area contributed by atoms with Crippen molar-refractivity contribution in [3.05, 3.63) is 47.5 Å². The predicted octanol–water partition coefficient (Wildman–Crippen LogP) is 2.88. The summed E-state index contributed by atoms with van der Waals surface area (Å²) in [6, 6.07) is 5.34. The number of carbonyl (C=O) groups excluding carboxylic acids is 1. The van der Waals surface area contributed by atoms with Gasteiger partial charge in [-0.3, -0.25) is 4.79 Å². The Bertz CT molecular complexity index is 875. The van der Waals surface area contributed by atoms with Crippen LogP contribution in [-0.4, -0.2) is 33.2 Å². The lowest BCUT2D eigenvalue weighted by Crippen LogP contribution is -2.40. The quantitative estimate of drug-likeness (QED) is 0.860. The lowest BCUT2D eigenvalue weighted by Gasteiger charge is -2.29. The summed E-state index contributed by atoms with van der Waals surface area (Å²) in [6.45, 7) is 0. The highest BCUT2D eigenvalue weighted by molar-refractivity contribution is 5.92. The summed E-state index contributed by atoms with van der Waals surface area (Å²) >= 11 is 0. The fraction of sp³-hybridized carbons (Fsp3) is 0.389. The van der Waals surface area contributed by atoms with Gasteiger partial charge in [0.2, 0.25) is 0 Å². The average molecular weight is 391 g/mol. The van der Waals surface area contributed by atoms with Crippen molar-refractivity contribution < 1.29 is 22.7 Å². The molecule has 2 heterocycles. The summed E-state index contributed by atoms with van der Waals surface area (Å²) in [5, 5.41) is 19.1. The Morgan fingerprint density at radius 2 is 2.04 bits per heavy atom. The zero-order valence-electron chi connectivity index (χ0n) is 14.6. The molecule has 146 valence electrons. The number of nitriles is 1. The summed E-state index contributed by atoms with van der Waals surface area (Å²) in [5.74, 6) is -0.345. The van der Waals surface area contributed by atoms with E-state index in [1.807, 2.05) is 0 Å². The standard InChI is InChI=1S/C18H16F3N5O2/c19-18(20,21)14-8-13(10-23-16(14)9-22)28-12-5-3-11(4-6-12)25-17(27)15-2-1-7-24-26-15/h1-2,7-8,10-12H,3-6H2,(H,25,27)/t11-,12-. The molecule has 7 nitrogen and oxygen atoms in total. The van der Waals surface area contributed by atoms with Crippen molar-refractivity contribution in [1.82, 2.24) is 20.5 Å². The monoisotopic (exact) mass is 391 g/mol. The van der Waals surface area contributed by atoms with Crippen LogP contribution in [-0.2, 0) is 6.18 Å². The number of hydrogen-bond acceptors (Lipinski definition) is 6. The maximum Gasteiger partial charge on any atom is 0.419 e. The number of amides is 1. The summed E-state index contributed by atoms with van der Waals surface area (Å²) in [5.41, 5.74) is -1.57. The van der Waals surface area contributed by atoms with Gasteiger partial charge in [-0.25, -0.2) is 4.98 Å². The Labute approximate surface area is 158 Å². The van der Waals surface area contributed by atoms with Crippen LogP contribution in [0, 0.1) is 11.3 Å². The van der Waals surface area contributed by atoms with Gasteiger partial charge in [0.25, 0.3) is 5.91 Å². The Hall–Kier alpha value is -3.22. The van der Waals surface area contributed by atoms with Crippen LogP contribution in [0.1, 0.15) is 47.4 Å². The second-order valence-electron chi connectivity index (χ2n) is 6.35. The molecule has 1 saturated carbocycles. The third kappa shape index (κ3) is 4.73. The van der Waals surface area contributed by atoms with Crippen molar-refractivity contribution in [2.45, 2.75) is 44.0 Å². The van der Waals surface area contributed by atoms with Crippen LogP contribution in [0.25, 0.3) is 0 Å². The van der Waals surface area contributed by atoms with Crippen molar-refractivity contribution in [2.75, 3.05) is 0 Å². The van der Waals surface area contributed by atoms with Crippen molar-refractivity contribution in [1.29, 1.82) is 5.26 Å². The van der Waals surface area contributed by atoms with Crippen molar-refractivity contribution in [2.24, 2.45) is 0 Å². The van der Waals surface area contributed by atoms with Crippen molar-refractivity contribution >= 4 is 5.91 Å². The first kappa shape index (κ1) is 19.5. The smallest absolute Gasteiger partial charge is 0.419 e. The van der Waals surface area contributed by atoms with E-state index in [0.29, 0.717) is 25.7 Å². The molecule has 0 bridgehead atoms. The molecule has 1 N–H and O–H groups in total. The molecule has 0 spiro atoms. The Kier molecular flexibility index (Phi) is 5.73. The van der Waals surface area contributed by atoms with E-state index in [-0.39, 0.29) is 29.5 Å². The van der Waals surface area contributed by atoms with E-state index in [9.17, 15) is 18.0 Å². The summed E-state index contributed by atoms with van der Waals surface area (Å²) in [4.78, 5) is 15.6. The second-order valence-corrected chi connectivity index (χ2v) is 6.35. The maximum atomic E-state index is 13.0. The van der Waals surface area contributed by atoms with Gasteiger partial charge in [0.05, 0.1) is 17.9 Å². The average Bonchev–Trinajstić information content (AvgIpc) is 2.69. The van der Waals surface area contributed by atoms with E-state index >= 15 is 0 Å². The van der Waals surface area contributed by atoms with E-state index in [1.54, 1.807) is 12.1 Å². The van der Waals surface area contributed by atoms with Crippen LogP contribution in [0.15, 0.2) is 30.6 Å². The topological polar surface area (TPSA) is 101 Å². The number of aromatic nitrogens is 3. The zero-order valence-corrected chi connectivity index (χ0v) is 14.6. The number of nitrogens with zero attached hydrogens (tertiary/aromatic N) is 4. The number of ether oxygens (including phenoxy) is 1. The number of pyridine rings is 1. The highest BCUT2D eigenvalue weighted by Gasteiger charge is 2.35. The fourth-order valence-electron chi connectivity index (χ4n) is 3.01. The fourth-order valence-corrected chi connectivity index (χ4v) is 3.01. The molecule has 2 aromatic rings. The lowest BCUT2D eigenvalue weighted by molar-refractivity contribution is -0.138. The van der Waals surface area contributed by atoms with Gasteiger partial charge in [0.1, 0.15) is 11.8 Å². The van der Waals surface area contributed by atoms with E-state index in [4.69, 9.17) is 10.00 Å². The minimum atomic E-state index is -4.68. The molecule has 0 atom stereocenters. The first-order valence-electron chi connectivity index (χ1n) is 8.59. The van der Waals surface area contributed by atoms with Crippen LogP contribution < -0.4 is 10.1 Å². The minimum absolute atomic E-state index is 0.0293. The second kappa shape index (κ2) is 8.21. The lowest BCUT2D eigenvalue weighted by atomic mass is 9.93. The molecule has 2 aromatic heterocycles. The van der Waals surface area contributed by atoms with Crippen LogP contribution in [0.2, 0.25) is 0 Å². The molecule has 3 rings (SSSR count). The first-order chi connectivity index (χ1) is 13.4. The number of nitrogens with one attached hydrogen (secondary N) is 1. The Morgan fingerprint density at radius 3 is 2.64 bits per heavy atom. The van der Waals surface area contributed by atoms with Gasteiger partial charge in [-0.05, 0) is 43.9 Å². The summed E-state index contributed by atoms with van der Waals surface area (Å²) < 4.78 is 44.7. The zero-order chi connectivity index (χ0) is 20.1. The van der Waals surface area contributed by atoms with Gasteiger partial charge < -0.3 is 10.1 Å². The van der Waals surface area contributed by atoms with Crippen LogP contribution in [0.5, 0.6) is 5.75 Å². The van der Waals surface area contributed by atoms with Crippen molar-refractivity contribution in [3.8, 4) is 11.8 Å². The normalized spacial score (nSPS) is 19.5. The van der Waals surface area contributed by atoms with E-state index in [1.165, 1.54) is 12.3 Å². The third-order valence-corrected chi connectivity index (χ3v) is 4.39. The molecule has 0 unspecified atom stereocenters. The Balaban J connectivity index is 1.56. The molecule has 28 heavy (non-hydrogen) atoms. The molecule has 10 heteroatoms. The molecule has 1 amide bonds. The molecule has 0 aliphatic heterocycles. The summed E-state index contributed by atoms with van der Waals surface area (Å²) in [7, 11) is 0. The number of rotatable bonds is 4. The number of carbonyl (C=O) groups is 1. The van der Waals surface area contributed by atoms with Crippen LogP contribution in [0.3, 0.4) is 0 Å². The van der Waals surface area contributed by atoms with Gasteiger partial charge in [-0.2, -0.15) is 23.5 Å². The highest BCUT2D eigenvalue weighted by Crippen LogP contribution is 2.34. The first-order valence-corrected chi connectivity index (χ1v) is 8.59. The molecule has 1 aliphatic rings. The molecule has 1 aliphatic carbocycles. The predicted molar refractivity (Wildman–Crippen MR) is 90.1 cm³/mol. The molecule has 0 radical (unpaired) electrons. The Morgan fingerprint density at radius 1 is 1.29 bits per heavy atom. The van der Waals surface area contributed by atoms with Gasteiger partial charge in [0, 0.05) is 12.2 Å². The van der Waals surface area contributed by atoms with Gasteiger partial charge in [-0.15, -0.1) is 5.10 Å². The van der Waals surface area contributed by atoms with E-state index in [2.05, 4.69) is 20.5 Å². The largest absolute Gasteiger partial charge is 0.489 e. The van der Waals surface area contributed by atoms with Crippen molar-refractivity contribution in [3.63, 3.8) is 0 Å². The number of alkyl halides is 3.